The number of nitrogens with one attached hydrogen (secondary N) is 2. The van der Waals surface area contributed by atoms with Gasteiger partial charge in [0.05, 0.1) is 5.69 Å². The number of benzene rings is 1. The van der Waals surface area contributed by atoms with Crippen molar-refractivity contribution in [2.45, 2.75) is 0 Å². The van der Waals surface area contributed by atoms with Crippen LogP contribution in [0.5, 0.6) is 0 Å². The molecule has 1 aromatic carbocycles. The number of hydrogen-bond donors (Lipinski definition) is 3. The lowest BCUT2D eigenvalue weighted by Crippen LogP contribution is -2.04. The monoisotopic (exact) mass is 311 g/mol. The van der Waals surface area contributed by atoms with Gasteiger partial charge >= 0.3 is 0 Å². The van der Waals surface area contributed by atoms with Gasteiger partial charge in [-0.3, -0.25) is 0 Å². The Morgan fingerprint density at radius 3 is 2.67 bits per heavy atom. The van der Waals surface area contributed by atoms with Crippen molar-refractivity contribution >= 4 is 39.2 Å². The van der Waals surface area contributed by atoms with Crippen LogP contribution in [0.3, 0.4) is 0 Å². The number of nitrogens with two attached hydrogens (primary N) is 1. The molecule has 0 bridgehead atoms. The molecule has 0 atom stereocenters. The van der Waals surface area contributed by atoms with E-state index in [-0.39, 0.29) is 11.8 Å². The highest BCUT2D eigenvalue weighted by Gasteiger charge is 2.06. The van der Waals surface area contributed by atoms with Crippen molar-refractivity contribution in [3.8, 4) is 0 Å². The third-order valence-corrected chi connectivity index (χ3v) is 2.68. The first-order chi connectivity index (χ1) is 8.58. The normalized spacial score (nSPS) is 10.2. The highest BCUT2D eigenvalue weighted by molar-refractivity contribution is 9.10. The number of nitrogen functional groups attached to an aromatic ring is 1. The van der Waals surface area contributed by atoms with Crippen molar-refractivity contribution in [2.24, 2.45) is 0 Å². The predicted molar refractivity (Wildman–Crippen MR) is 73.4 cm³/mol. The molecule has 0 fully saturated rings. The van der Waals surface area contributed by atoms with Gasteiger partial charge in [-0.2, -0.15) is 9.97 Å². The molecule has 7 heteroatoms. The number of anilines is 4. The SMILES string of the molecule is CNc1cc(Nc2cc(Br)ccc2F)nc(N)n1. The predicted octanol–water partition coefficient (Wildman–Crippen LogP) is 2.75. The van der Waals surface area contributed by atoms with Gasteiger partial charge < -0.3 is 16.4 Å². The average molecular weight is 312 g/mol. The summed E-state index contributed by atoms with van der Waals surface area (Å²) in [6.07, 6.45) is 0. The average Bonchev–Trinajstić information content (AvgIpc) is 2.33. The van der Waals surface area contributed by atoms with E-state index in [1.165, 1.54) is 6.07 Å². The number of hydrogen-bond acceptors (Lipinski definition) is 5. The van der Waals surface area contributed by atoms with E-state index in [0.29, 0.717) is 17.3 Å². The van der Waals surface area contributed by atoms with Crippen LogP contribution in [0.15, 0.2) is 28.7 Å². The van der Waals surface area contributed by atoms with Gasteiger partial charge in [0.25, 0.3) is 0 Å². The fraction of sp³-hybridized carbons (Fsp3) is 0.0909. The van der Waals surface area contributed by atoms with Crippen LogP contribution in [0.2, 0.25) is 0 Å². The molecule has 4 N–H and O–H groups in total. The summed E-state index contributed by atoms with van der Waals surface area (Å²) >= 11 is 3.28. The van der Waals surface area contributed by atoms with Gasteiger partial charge in [-0.1, -0.05) is 15.9 Å². The van der Waals surface area contributed by atoms with Crippen LogP contribution in [0, 0.1) is 5.82 Å². The van der Waals surface area contributed by atoms with Crippen molar-refractivity contribution in [1.29, 1.82) is 0 Å². The molecule has 0 unspecified atom stereocenters. The Morgan fingerprint density at radius 1 is 1.22 bits per heavy atom. The van der Waals surface area contributed by atoms with Crippen LogP contribution in [-0.2, 0) is 0 Å². The van der Waals surface area contributed by atoms with Crippen LogP contribution in [-0.4, -0.2) is 17.0 Å². The fourth-order valence-electron chi connectivity index (χ4n) is 1.39. The lowest BCUT2D eigenvalue weighted by Gasteiger charge is -2.09. The van der Waals surface area contributed by atoms with Crippen molar-refractivity contribution in [3.05, 3.63) is 34.6 Å². The largest absolute Gasteiger partial charge is 0.373 e. The number of halogens is 2. The van der Waals surface area contributed by atoms with Crippen LogP contribution < -0.4 is 16.4 Å². The third kappa shape index (κ3) is 2.86. The Hall–Kier alpha value is -1.89. The van der Waals surface area contributed by atoms with E-state index in [0.717, 1.165) is 4.47 Å². The first-order valence-corrected chi connectivity index (χ1v) is 5.92. The minimum Gasteiger partial charge on any atom is -0.373 e. The molecule has 2 aromatic rings. The van der Waals surface area contributed by atoms with Crippen LogP contribution in [0.1, 0.15) is 0 Å². The van der Waals surface area contributed by atoms with E-state index in [4.69, 9.17) is 5.73 Å². The maximum absolute atomic E-state index is 13.6. The van der Waals surface area contributed by atoms with E-state index in [1.807, 2.05) is 0 Å². The minimum absolute atomic E-state index is 0.111. The molecule has 1 aromatic heterocycles. The van der Waals surface area contributed by atoms with Gasteiger partial charge in [-0.15, -0.1) is 0 Å². The Balaban J connectivity index is 2.33. The lowest BCUT2D eigenvalue weighted by molar-refractivity contribution is 0.631. The summed E-state index contributed by atoms with van der Waals surface area (Å²) in [4.78, 5) is 7.93. The van der Waals surface area contributed by atoms with E-state index in [2.05, 4.69) is 36.5 Å². The number of aromatic nitrogens is 2. The standard InChI is InChI=1S/C11H11BrFN5/c1-15-9-5-10(18-11(14)17-9)16-8-4-6(12)2-3-7(8)13/h2-5H,1H3,(H4,14,15,16,17,18). The van der Waals surface area contributed by atoms with E-state index >= 15 is 0 Å². The van der Waals surface area contributed by atoms with E-state index < -0.39 is 0 Å². The zero-order valence-corrected chi connectivity index (χ0v) is 11.1. The molecular formula is C11H11BrFN5. The molecule has 2 rings (SSSR count). The smallest absolute Gasteiger partial charge is 0.223 e. The van der Waals surface area contributed by atoms with Crippen LogP contribution >= 0.6 is 15.9 Å². The Kier molecular flexibility index (Phi) is 3.61. The summed E-state index contributed by atoms with van der Waals surface area (Å²) < 4.78 is 14.3. The molecule has 0 spiro atoms. The number of nitrogens with zero attached hydrogens (tertiary/aromatic N) is 2. The molecule has 0 amide bonds. The summed E-state index contributed by atoms with van der Waals surface area (Å²) in [5, 5.41) is 5.70. The topological polar surface area (TPSA) is 75.9 Å². The molecule has 0 aliphatic rings. The molecule has 0 radical (unpaired) electrons. The van der Waals surface area contributed by atoms with Crippen molar-refractivity contribution in [3.63, 3.8) is 0 Å². The second kappa shape index (κ2) is 5.18. The Bertz CT molecular complexity index is 575. The summed E-state index contributed by atoms with van der Waals surface area (Å²) in [5.41, 5.74) is 5.86. The van der Waals surface area contributed by atoms with Crippen molar-refractivity contribution < 1.29 is 4.39 Å². The quantitative estimate of drug-likeness (QED) is 0.812. The molecule has 0 aliphatic carbocycles. The van der Waals surface area contributed by atoms with Gasteiger partial charge in [0.15, 0.2) is 0 Å². The van der Waals surface area contributed by atoms with Gasteiger partial charge in [0.1, 0.15) is 17.5 Å². The summed E-state index contributed by atoms with van der Waals surface area (Å²) in [6, 6.07) is 6.23. The highest BCUT2D eigenvalue weighted by Crippen LogP contribution is 2.24. The molecule has 0 aliphatic heterocycles. The van der Waals surface area contributed by atoms with Crippen LogP contribution in [0.4, 0.5) is 27.7 Å². The zero-order valence-electron chi connectivity index (χ0n) is 9.54. The molecular weight excluding hydrogens is 301 g/mol. The van der Waals surface area contributed by atoms with Gasteiger partial charge in [-0.25, -0.2) is 4.39 Å². The first kappa shape index (κ1) is 12.6. The molecule has 94 valence electrons. The summed E-state index contributed by atoms with van der Waals surface area (Å²) in [6.45, 7) is 0. The second-order valence-corrected chi connectivity index (χ2v) is 4.41. The highest BCUT2D eigenvalue weighted by atomic mass is 79.9. The van der Waals surface area contributed by atoms with Crippen LogP contribution in [0.25, 0.3) is 0 Å². The lowest BCUT2D eigenvalue weighted by atomic mass is 10.3. The first-order valence-electron chi connectivity index (χ1n) is 5.13. The molecule has 18 heavy (non-hydrogen) atoms. The van der Waals surface area contributed by atoms with Gasteiger partial charge in [0, 0.05) is 17.6 Å². The maximum Gasteiger partial charge on any atom is 0.223 e. The second-order valence-electron chi connectivity index (χ2n) is 3.50. The zero-order chi connectivity index (χ0) is 13.1. The molecule has 0 saturated heterocycles. The third-order valence-electron chi connectivity index (χ3n) is 2.19. The summed E-state index contributed by atoms with van der Waals surface area (Å²) in [7, 11) is 1.71. The van der Waals surface area contributed by atoms with Gasteiger partial charge in [-0.05, 0) is 18.2 Å². The Labute approximate surface area is 112 Å². The fourth-order valence-corrected chi connectivity index (χ4v) is 1.75. The van der Waals surface area contributed by atoms with Crippen molar-refractivity contribution in [1.82, 2.24) is 9.97 Å². The maximum atomic E-state index is 13.6. The summed E-state index contributed by atoms with van der Waals surface area (Å²) in [5.74, 6) is 0.713. The van der Waals surface area contributed by atoms with Crippen molar-refractivity contribution in [2.75, 3.05) is 23.4 Å². The Morgan fingerprint density at radius 2 is 1.94 bits per heavy atom. The number of rotatable bonds is 3. The van der Waals surface area contributed by atoms with E-state index in [1.54, 1.807) is 25.2 Å². The minimum atomic E-state index is -0.374. The van der Waals surface area contributed by atoms with Gasteiger partial charge in [0.2, 0.25) is 5.95 Å². The molecule has 0 saturated carbocycles. The molecule has 1 heterocycles. The van der Waals surface area contributed by atoms with E-state index in [9.17, 15) is 4.39 Å². The molecule has 5 nitrogen and oxygen atoms in total.